The maximum absolute atomic E-state index is 13.4. The molecule has 0 aliphatic heterocycles. The summed E-state index contributed by atoms with van der Waals surface area (Å²) in [5.74, 6) is -0.673. The van der Waals surface area contributed by atoms with Crippen LogP contribution >= 0.6 is 0 Å². The molecule has 0 unspecified atom stereocenters. The lowest BCUT2D eigenvalue weighted by molar-refractivity contribution is 0.463. The van der Waals surface area contributed by atoms with Crippen molar-refractivity contribution >= 4 is 15.7 Å². The number of nitrogen functional groups attached to an aromatic ring is 1. The molecule has 3 N–H and O–H groups in total. The van der Waals surface area contributed by atoms with Crippen molar-refractivity contribution in [3.8, 4) is 5.75 Å². The Morgan fingerprint density at radius 3 is 2.43 bits per heavy atom. The average molecular weight is 310 g/mol. The molecular weight excluding hydrogens is 295 g/mol. The number of hydrogen-bond donors (Lipinski definition) is 2. The molecule has 112 valence electrons. The number of para-hydroxylation sites is 1. The zero-order valence-electron chi connectivity index (χ0n) is 11.3. The van der Waals surface area contributed by atoms with Gasteiger partial charge < -0.3 is 10.8 Å². The molecule has 0 amide bonds. The summed E-state index contributed by atoms with van der Waals surface area (Å²) in [6.45, 7) is 0.0819. The number of benzene rings is 2. The number of halogens is 1. The van der Waals surface area contributed by atoms with Gasteiger partial charge in [-0.1, -0.05) is 18.2 Å². The van der Waals surface area contributed by atoms with Crippen molar-refractivity contribution in [3.63, 3.8) is 0 Å². The molecule has 0 saturated heterocycles. The summed E-state index contributed by atoms with van der Waals surface area (Å²) in [6.07, 6.45) is 0. The van der Waals surface area contributed by atoms with Crippen molar-refractivity contribution in [2.24, 2.45) is 0 Å². The first-order valence-corrected chi connectivity index (χ1v) is 7.54. The van der Waals surface area contributed by atoms with Crippen molar-refractivity contribution in [2.45, 2.75) is 11.4 Å². The van der Waals surface area contributed by atoms with E-state index >= 15 is 0 Å². The minimum absolute atomic E-state index is 0.0819. The molecule has 5 nitrogen and oxygen atoms in total. The summed E-state index contributed by atoms with van der Waals surface area (Å²) in [5, 5.41) is 9.21. The van der Waals surface area contributed by atoms with Crippen LogP contribution in [0.4, 0.5) is 10.1 Å². The first kappa shape index (κ1) is 15.3. The number of phenols is 1. The van der Waals surface area contributed by atoms with E-state index in [9.17, 15) is 17.9 Å². The number of phenolic OH excluding ortho intramolecular Hbond substituents is 1. The quantitative estimate of drug-likeness (QED) is 0.845. The van der Waals surface area contributed by atoms with Crippen LogP contribution in [0.1, 0.15) is 5.56 Å². The largest absolute Gasteiger partial charge is 0.508 e. The third-order valence-corrected chi connectivity index (χ3v) is 4.90. The van der Waals surface area contributed by atoms with Crippen molar-refractivity contribution in [1.29, 1.82) is 0 Å². The van der Waals surface area contributed by atoms with E-state index in [1.807, 2.05) is 0 Å². The lowest BCUT2D eigenvalue weighted by Crippen LogP contribution is -2.27. The highest BCUT2D eigenvalue weighted by atomic mass is 32.2. The predicted molar refractivity (Wildman–Crippen MR) is 77.6 cm³/mol. The van der Waals surface area contributed by atoms with Crippen LogP contribution in [0.2, 0.25) is 0 Å². The van der Waals surface area contributed by atoms with Gasteiger partial charge in [-0.15, -0.1) is 0 Å². The van der Waals surface area contributed by atoms with Crippen LogP contribution in [0.25, 0.3) is 0 Å². The van der Waals surface area contributed by atoms with E-state index in [4.69, 9.17) is 5.73 Å². The number of nitrogens with two attached hydrogens (primary N) is 1. The van der Waals surface area contributed by atoms with E-state index in [0.717, 1.165) is 10.4 Å². The zero-order chi connectivity index (χ0) is 15.6. The second-order valence-electron chi connectivity index (χ2n) is 4.58. The lowest BCUT2D eigenvalue weighted by Gasteiger charge is -2.18. The molecule has 0 radical (unpaired) electrons. The lowest BCUT2D eigenvalue weighted by atomic mass is 10.2. The number of sulfonamides is 1. The van der Waals surface area contributed by atoms with Crippen LogP contribution < -0.4 is 5.73 Å². The first-order chi connectivity index (χ1) is 9.82. The van der Waals surface area contributed by atoms with Crippen LogP contribution in [-0.2, 0) is 16.6 Å². The zero-order valence-corrected chi connectivity index (χ0v) is 12.1. The monoisotopic (exact) mass is 310 g/mol. The van der Waals surface area contributed by atoms with Gasteiger partial charge in [0.05, 0.1) is 5.69 Å². The molecule has 0 aliphatic carbocycles. The first-order valence-electron chi connectivity index (χ1n) is 6.10. The third-order valence-electron chi connectivity index (χ3n) is 3.04. The van der Waals surface area contributed by atoms with Gasteiger partial charge in [0.15, 0.2) is 0 Å². The smallest absolute Gasteiger partial charge is 0.245 e. The highest BCUT2D eigenvalue weighted by Gasteiger charge is 2.24. The Hall–Kier alpha value is -2.12. The van der Waals surface area contributed by atoms with Crippen LogP contribution in [-0.4, -0.2) is 24.9 Å². The Bertz CT molecular complexity index is 745. The Morgan fingerprint density at radius 1 is 1.19 bits per heavy atom. The van der Waals surface area contributed by atoms with Crippen LogP contribution in [0, 0.1) is 5.82 Å². The summed E-state index contributed by atoms with van der Waals surface area (Å²) < 4.78 is 39.3. The van der Waals surface area contributed by atoms with E-state index in [1.54, 1.807) is 12.1 Å². The van der Waals surface area contributed by atoms with Crippen molar-refractivity contribution < 1.29 is 17.9 Å². The molecule has 0 spiro atoms. The van der Waals surface area contributed by atoms with Gasteiger partial charge in [-0.25, -0.2) is 12.8 Å². The van der Waals surface area contributed by atoms with Crippen LogP contribution in [0.5, 0.6) is 5.75 Å². The molecule has 2 aromatic rings. The molecule has 0 bridgehead atoms. The van der Waals surface area contributed by atoms with Crippen molar-refractivity contribution in [1.82, 2.24) is 4.31 Å². The number of rotatable bonds is 4. The topological polar surface area (TPSA) is 83.6 Å². The summed E-state index contributed by atoms with van der Waals surface area (Å²) in [6, 6.07) is 9.81. The fourth-order valence-electron chi connectivity index (χ4n) is 1.85. The van der Waals surface area contributed by atoms with Gasteiger partial charge in [-0.2, -0.15) is 4.31 Å². The molecule has 0 aliphatic rings. The Morgan fingerprint density at radius 2 is 1.81 bits per heavy atom. The molecule has 7 heteroatoms. The Labute approximate surface area is 122 Å². The van der Waals surface area contributed by atoms with E-state index in [1.165, 1.54) is 31.3 Å². The maximum atomic E-state index is 13.4. The van der Waals surface area contributed by atoms with E-state index in [0.29, 0.717) is 5.56 Å². The molecule has 0 aromatic heterocycles. The number of anilines is 1. The normalized spacial score (nSPS) is 11.8. The predicted octanol–water partition coefficient (Wildman–Crippen LogP) is 1.93. The Kier molecular flexibility index (Phi) is 4.15. The van der Waals surface area contributed by atoms with Crippen molar-refractivity contribution in [3.05, 3.63) is 53.8 Å². The van der Waals surface area contributed by atoms with Gasteiger partial charge in [-0.05, 0) is 29.8 Å². The summed E-state index contributed by atoms with van der Waals surface area (Å²) in [5.41, 5.74) is 5.80. The van der Waals surface area contributed by atoms with E-state index in [2.05, 4.69) is 0 Å². The second-order valence-corrected chi connectivity index (χ2v) is 6.59. The highest BCUT2D eigenvalue weighted by molar-refractivity contribution is 7.89. The molecule has 0 atom stereocenters. The molecule has 0 fully saturated rings. The Balaban J connectivity index is 2.30. The van der Waals surface area contributed by atoms with Crippen LogP contribution in [0.15, 0.2) is 47.4 Å². The van der Waals surface area contributed by atoms with Gasteiger partial charge in [0, 0.05) is 13.6 Å². The summed E-state index contributed by atoms with van der Waals surface area (Å²) >= 11 is 0. The second kappa shape index (κ2) is 5.71. The number of nitrogens with zero attached hydrogens (tertiary/aromatic N) is 1. The van der Waals surface area contributed by atoms with Gasteiger partial charge in [-0.3, -0.25) is 0 Å². The molecule has 2 rings (SSSR count). The molecule has 21 heavy (non-hydrogen) atoms. The highest BCUT2D eigenvalue weighted by Crippen LogP contribution is 2.25. The summed E-state index contributed by atoms with van der Waals surface area (Å²) in [4.78, 5) is -0.260. The molecule has 0 saturated carbocycles. The van der Waals surface area contributed by atoms with Gasteiger partial charge >= 0.3 is 0 Å². The number of aromatic hydroxyl groups is 1. The third kappa shape index (κ3) is 3.14. The fourth-order valence-corrected chi connectivity index (χ4v) is 3.13. The number of hydrogen-bond acceptors (Lipinski definition) is 4. The molecular formula is C14H15FN2O3S. The van der Waals surface area contributed by atoms with Crippen molar-refractivity contribution in [2.75, 3.05) is 12.8 Å². The average Bonchev–Trinajstić information content (AvgIpc) is 2.44. The van der Waals surface area contributed by atoms with Gasteiger partial charge in [0.25, 0.3) is 0 Å². The minimum atomic E-state index is -3.89. The fraction of sp³-hybridized carbons (Fsp3) is 0.143. The molecule has 0 heterocycles. The summed E-state index contributed by atoms with van der Waals surface area (Å²) in [7, 11) is -2.51. The SMILES string of the molecule is CN(Cc1ccc(O)cc1)S(=O)(=O)c1cccc(F)c1N. The standard InChI is InChI=1S/C14H15FN2O3S/c1-17(9-10-5-7-11(18)8-6-10)21(19,20)13-4-2-3-12(15)14(13)16/h2-8,18H,9,16H2,1H3. The van der Waals surface area contributed by atoms with Crippen LogP contribution in [0.3, 0.4) is 0 Å². The van der Waals surface area contributed by atoms with E-state index < -0.39 is 21.5 Å². The van der Waals surface area contributed by atoms with Gasteiger partial charge in [0.2, 0.25) is 10.0 Å². The maximum Gasteiger partial charge on any atom is 0.245 e. The van der Waals surface area contributed by atoms with E-state index in [-0.39, 0.29) is 17.2 Å². The minimum Gasteiger partial charge on any atom is -0.508 e. The molecule has 2 aromatic carbocycles. The van der Waals surface area contributed by atoms with Gasteiger partial charge in [0.1, 0.15) is 16.5 Å².